The topological polar surface area (TPSA) is 84.7 Å². The maximum absolute atomic E-state index is 13.4. The molecule has 4 rings (SSSR count). The van der Waals surface area contributed by atoms with Crippen molar-refractivity contribution in [2.45, 2.75) is 11.3 Å². The molecule has 0 unspecified atom stereocenters. The van der Waals surface area contributed by atoms with Gasteiger partial charge in [-0.3, -0.25) is 4.79 Å². The van der Waals surface area contributed by atoms with Gasteiger partial charge in [-0.25, -0.2) is 17.5 Å². The smallest absolute Gasteiger partial charge is 0.396 e. The van der Waals surface area contributed by atoms with Crippen LogP contribution in [0.4, 0.5) is 5.69 Å². The van der Waals surface area contributed by atoms with Gasteiger partial charge in [0.05, 0.1) is 21.7 Å². The van der Waals surface area contributed by atoms with Gasteiger partial charge in [-0.2, -0.15) is 0 Å². The van der Waals surface area contributed by atoms with Crippen LogP contribution in [-0.4, -0.2) is 14.3 Å². The predicted octanol–water partition coefficient (Wildman–Crippen LogP) is 4.47. The molecule has 0 aliphatic rings. The number of halogens is 1. The highest BCUT2D eigenvalue weighted by atomic mass is 35.5. The van der Waals surface area contributed by atoms with Crippen molar-refractivity contribution in [2.75, 3.05) is 4.31 Å². The Labute approximate surface area is 181 Å². The molecule has 0 aliphatic heterocycles. The number of sulfonamides is 1. The normalized spacial score (nSPS) is 11.5. The summed E-state index contributed by atoms with van der Waals surface area (Å²) in [5, 5.41) is 0.376. The van der Waals surface area contributed by atoms with Crippen molar-refractivity contribution in [3.63, 3.8) is 0 Å². The summed E-state index contributed by atoms with van der Waals surface area (Å²) in [5.74, 6) is -0.633. The number of rotatable bonds is 5. The van der Waals surface area contributed by atoms with Gasteiger partial charge < -0.3 is 4.42 Å². The summed E-state index contributed by atoms with van der Waals surface area (Å²) in [5.41, 5.74) is 1.12. The molecular weight excluding hydrogens is 446 g/mol. The van der Waals surface area contributed by atoms with Gasteiger partial charge in [0.15, 0.2) is 0 Å². The fourth-order valence-electron chi connectivity index (χ4n) is 2.96. The van der Waals surface area contributed by atoms with E-state index >= 15 is 0 Å². The maximum Gasteiger partial charge on any atom is 0.396 e. The van der Waals surface area contributed by atoms with Crippen molar-refractivity contribution in [2.24, 2.45) is 0 Å². The largest absolute Gasteiger partial charge is 0.414 e. The summed E-state index contributed by atoms with van der Waals surface area (Å²) in [7, 11) is -4.23. The zero-order valence-corrected chi connectivity index (χ0v) is 17.7. The highest BCUT2D eigenvalue weighted by molar-refractivity contribution is 7.93. The third kappa shape index (κ3) is 4.02. The summed E-state index contributed by atoms with van der Waals surface area (Å²) in [6.07, 6.45) is -0.118. The number of fused-ring (bicyclic) bond motifs is 1. The summed E-state index contributed by atoms with van der Waals surface area (Å²) in [6.45, 7) is 0. The van der Waals surface area contributed by atoms with Crippen molar-refractivity contribution < 1.29 is 17.6 Å². The van der Waals surface area contributed by atoms with Crippen LogP contribution in [0.15, 0.2) is 86.9 Å². The van der Waals surface area contributed by atoms with E-state index in [9.17, 15) is 18.0 Å². The number of hydrogen-bond acceptors (Lipinski definition) is 6. The Bertz CT molecular complexity index is 1380. The predicted molar refractivity (Wildman–Crippen MR) is 117 cm³/mol. The Morgan fingerprint density at radius 3 is 2.40 bits per heavy atom. The molecule has 0 N–H and O–H groups in total. The van der Waals surface area contributed by atoms with Crippen LogP contribution >= 0.6 is 22.9 Å². The first-order chi connectivity index (χ1) is 14.3. The molecular formula is C21H14ClNO5S2. The summed E-state index contributed by atoms with van der Waals surface area (Å²) >= 11 is 6.72. The lowest BCUT2D eigenvalue weighted by atomic mass is 10.1. The van der Waals surface area contributed by atoms with Crippen molar-refractivity contribution in [1.29, 1.82) is 0 Å². The molecule has 1 amide bonds. The molecule has 0 radical (unpaired) electrons. The van der Waals surface area contributed by atoms with Gasteiger partial charge in [-0.15, -0.1) is 0 Å². The first kappa shape index (κ1) is 20.3. The molecule has 6 nitrogen and oxygen atoms in total. The number of nitrogens with zero attached hydrogens (tertiary/aromatic N) is 1. The third-order valence-corrected chi connectivity index (χ3v) is 7.13. The quantitative estimate of drug-likeness (QED) is 0.439. The number of carbonyl (C=O) groups is 1. The zero-order chi connectivity index (χ0) is 21.3. The van der Waals surface area contributed by atoms with E-state index in [0.717, 1.165) is 15.6 Å². The van der Waals surface area contributed by atoms with Gasteiger partial charge in [-0.1, -0.05) is 53.3 Å². The van der Waals surface area contributed by atoms with E-state index in [1.54, 1.807) is 24.3 Å². The molecule has 152 valence electrons. The van der Waals surface area contributed by atoms with Crippen molar-refractivity contribution in [1.82, 2.24) is 0 Å². The average molecular weight is 460 g/mol. The molecule has 3 aromatic carbocycles. The summed E-state index contributed by atoms with van der Waals surface area (Å²) in [4.78, 5) is 24.1. The van der Waals surface area contributed by atoms with E-state index in [-0.39, 0.29) is 17.0 Å². The fraction of sp³-hybridized carbons (Fsp3) is 0.0476. The first-order valence-corrected chi connectivity index (χ1v) is 11.4. The highest BCUT2D eigenvalue weighted by Gasteiger charge is 2.31. The number of benzene rings is 3. The Kier molecular flexibility index (Phi) is 5.46. The number of hydrogen-bond donors (Lipinski definition) is 0. The van der Waals surface area contributed by atoms with Gasteiger partial charge in [0.2, 0.25) is 5.91 Å². The minimum Gasteiger partial charge on any atom is -0.414 e. The minimum absolute atomic E-state index is 0.0752. The van der Waals surface area contributed by atoms with E-state index in [1.165, 1.54) is 42.5 Å². The fourth-order valence-corrected chi connectivity index (χ4v) is 5.20. The van der Waals surface area contributed by atoms with E-state index in [1.807, 2.05) is 6.07 Å². The molecule has 0 atom stereocenters. The zero-order valence-electron chi connectivity index (χ0n) is 15.3. The summed E-state index contributed by atoms with van der Waals surface area (Å²) in [6, 6.07) is 18.8. The van der Waals surface area contributed by atoms with Gasteiger partial charge in [0.25, 0.3) is 10.0 Å². The average Bonchev–Trinajstić information content (AvgIpc) is 3.08. The Morgan fingerprint density at radius 2 is 1.70 bits per heavy atom. The van der Waals surface area contributed by atoms with Crippen molar-refractivity contribution in [3.05, 3.63) is 93.1 Å². The lowest BCUT2D eigenvalue weighted by molar-refractivity contribution is -0.116. The minimum atomic E-state index is -4.23. The maximum atomic E-state index is 13.4. The molecule has 1 aromatic heterocycles. The first-order valence-electron chi connectivity index (χ1n) is 8.76. The van der Waals surface area contributed by atoms with Crippen LogP contribution in [0.5, 0.6) is 0 Å². The number of carbonyl (C=O) groups excluding carboxylic acids is 1. The standard InChI is InChI=1S/C21H14ClNO5S2/c22-15-6-9-17(10-7-15)30(26,27)23(20(24)12-14-4-2-1-3-5-14)16-8-11-18-19(13-16)29-21(25)28-18/h1-11,13H,12H2. The van der Waals surface area contributed by atoms with Gasteiger partial charge in [-0.05, 0) is 48.0 Å². The molecule has 1 heterocycles. The van der Waals surface area contributed by atoms with Crippen LogP contribution < -0.4 is 9.24 Å². The Morgan fingerprint density at radius 1 is 1.00 bits per heavy atom. The van der Waals surface area contributed by atoms with E-state index in [4.69, 9.17) is 16.0 Å². The van der Waals surface area contributed by atoms with Crippen LogP contribution in [0, 0.1) is 0 Å². The number of anilines is 1. The van der Waals surface area contributed by atoms with Crippen LogP contribution in [0.3, 0.4) is 0 Å². The van der Waals surface area contributed by atoms with Crippen LogP contribution in [0.1, 0.15) is 5.56 Å². The summed E-state index contributed by atoms with van der Waals surface area (Å²) < 4.78 is 33.0. The third-order valence-electron chi connectivity index (χ3n) is 4.32. The van der Waals surface area contributed by atoms with Gasteiger partial charge in [0, 0.05) is 5.02 Å². The molecule has 0 aliphatic carbocycles. The SMILES string of the molecule is O=C(Cc1ccccc1)N(c1ccc2oc(=O)sc2c1)S(=O)(=O)c1ccc(Cl)cc1. The lowest BCUT2D eigenvalue weighted by Crippen LogP contribution is -2.38. The highest BCUT2D eigenvalue weighted by Crippen LogP contribution is 2.30. The lowest BCUT2D eigenvalue weighted by Gasteiger charge is -2.23. The van der Waals surface area contributed by atoms with Crippen molar-refractivity contribution >= 4 is 54.8 Å². The molecule has 0 saturated carbocycles. The van der Waals surface area contributed by atoms with Crippen LogP contribution in [0.2, 0.25) is 5.02 Å². The van der Waals surface area contributed by atoms with Gasteiger partial charge >= 0.3 is 4.94 Å². The van der Waals surface area contributed by atoms with E-state index < -0.39 is 20.9 Å². The molecule has 0 fully saturated rings. The molecule has 4 aromatic rings. The number of amides is 1. The Balaban J connectivity index is 1.83. The molecule has 30 heavy (non-hydrogen) atoms. The Hall–Kier alpha value is -2.94. The van der Waals surface area contributed by atoms with E-state index in [2.05, 4.69) is 0 Å². The second kappa shape index (κ2) is 8.06. The second-order valence-electron chi connectivity index (χ2n) is 6.36. The monoisotopic (exact) mass is 459 g/mol. The van der Waals surface area contributed by atoms with E-state index in [0.29, 0.717) is 20.9 Å². The van der Waals surface area contributed by atoms with Crippen LogP contribution in [0.25, 0.3) is 10.3 Å². The molecule has 0 spiro atoms. The molecule has 9 heteroatoms. The second-order valence-corrected chi connectivity index (χ2v) is 9.57. The van der Waals surface area contributed by atoms with Crippen LogP contribution in [-0.2, 0) is 21.2 Å². The van der Waals surface area contributed by atoms with Gasteiger partial charge in [0.1, 0.15) is 5.58 Å². The van der Waals surface area contributed by atoms with Crippen molar-refractivity contribution in [3.8, 4) is 0 Å². The molecule has 0 saturated heterocycles. The molecule has 0 bridgehead atoms.